The molecule has 4 atom stereocenters. The zero-order chi connectivity index (χ0) is 16.3. The van der Waals surface area contributed by atoms with Crippen molar-refractivity contribution in [2.45, 2.75) is 37.7 Å². The smallest absolute Gasteiger partial charge is 0.279 e. The Bertz CT molecular complexity index is 789. The number of hydrogen-bond acceptors (Lipinski definition) is 6. The molecule has 1 aliphatic rings. The van der Waals surface area contributed by atoms with Gasteiger partial charge in [-0.1, -0.05) is 0 Å². The van der Waals surface area contributed by atoms with Crippen LogP contribution in [0.2, 0.25) is 0 Å². The summed E-state index contributed by atoms with van der Waals surface area (Å²) in [6.45, 7) is 1.29. The van der Waals surface area contributed by atoms with Gasteiger partial charge in [-0.3, -0.25) is 9.36 Å². The number of nitrogens with one attached hydrogen (secondary N) is 1. The van der Waals surface area contributed by atoms with Gasteiger partial charge in [-0.2, -0.15) is 0 Å². The van der Waals surface area contributed by atoms with Crippen molar-refractivity contribution < 1.29 is 23.7 Å². The Balaban J connectivity index is 2.18. The van der Waals surface area contributed by atoms with Gasteiger partial charge in [0.05, 0.1) is 6.33 Å². The monoisotopic (exact) mass is 316 g/mol. The zero-order valence-electron chi connectivity index (χ0n) is 11.7. The normalized spacial score (nSPS) is 35.4. The van der Waals surface area contributed by atoms with Gasteiger partial charge in [0.2, 0.25) is 0 Å². The molecule has 22 heavy (non-hydrogen) atoms. The SMILES string of the molecule is Cc1nc2c(ncn2[C@@H]2O[C@](F)(CO)[C@@H](F)[C@@]2(C)O)c(=O)[nH]1. The molecular weight excluding hydrogens is 302 g/mol. The maximum Gasteiger partial charge on any atom is 0.279 e. The van der Waals surface area contributed by atoms with E-state index in [1.807, 2.05) is 0 Å². The summed E-state index contributed by atoms with van der Waals surface area (Å²) in [6.07, 6.45) is -2.93. The Labute approximate surface area is 122 Å². The van der Waals surface area contributed by atoms with Crippen LogP contribution in [0, 0.1) is 6.92 Å². The van der Waals surface area contributed by atoms with Crippen LogP contribution in [0.3, 0.4) is 0 Å². The summed E-state index contributed by atoms with van der Waals surface area (Å²) in [5.41, 5.74) is -2.85. The maximum absolute atomic E-state index is 14.2. The minimum atomic E-state index is -3.05. The van der Waals surface area contributed by atoms with Crippen LogP contribution < -0.4 is 5.56 Å². The van der Waals surface area contributed by atoms with Gasteiger partial charge in [-0.25, -0.2) is 18.7 Å². The van der Waals surface area contributed by atoms with Crippen molar-refractivity contribution in [3.8, 4) is 0 Å². The van der Waals surface area contributed by atoms with E-state index in [0.717, 1.165) is 17.8 Å². The van der Waals surface area contributed by atoms with E-state index < -0.39 is 36.0 Å². The van der Waals surface area contributed by atoms with E-state index >= 15 is 0 Å². The standard InChI is InChI=1S/C12H14F2N4O4/c1-5-16-7-6(8(20)17-5)15-4-18(7)10-11(2,21)9(13)12(14,3-19)22-10/h4,9-10,19,21H,3H2,1-2H3,(H,16,17,20)/t9-,10+,11+,12+/m0/s1. The molecule has 0 spiro atoms. The molecule has 2 aromatic heterocycles. The fourth-order valence-corrected chi connectivity index (χ4v) is 2.59. The molecule has 0 unspecified atom stereocenters. The first-order valence-corrected chi connectivity index (χ1v) is 6.48. The lowest BCUT2D eigenvalue weighted by Gasteiger charge is -2.25. The largest absolute Gasteiger partial charge is 0.390 e. The number of rotatable bonds is 2. The van der Waals surface area contributed by atoms with Gasteiger partial charge < -0.3 is 19.9 Å². The van der Waals surface area contributed by atoms with Crippen LogP contribution in [0.5, 0.6) is 0 Å². The fraction of sp³-hybridized carbons (Fsp3) is 0.583. The Hall–Kier alpha value is -1.91. The van der Waals surface area contributed by atoms with Crippen LogP contribution in [0.1, 0.15) is 19.0 Å². The summed E-state index contributed by atoms with van der Waals surface area (Å²) in [4.78, 5) is 22.1. The third-order valence-electron chi connectivity index (χ3n) is 3.72. The summed E-state index contributed by atoms with van der Waals surface area (Å²) in [5.74, 6) is -2.79. The van der Waals surface area contributed by atoms with Crippen molar-refractivity contribution in [2.75, 3.05) is 6.61 Å². The second-order valence-electron chi connectivity index (χ2n) is 5.48. The average Bonchev–Trinajstić information content (AvgIpc) is 2.93. The molecule has 10 heteroatoms. The molecule has 1 saturated heterocycles. The van der Waals surface area contributed by atoms with Crippen molar-refractivity contribution in [3.05, 3.63) is 22.5 Å². The highest BCUT2D eigenvalue weighted by Crippen LogP contribution is 2.47. The molecule has 0 saturated carbocycles. The Morgan fingerprint density at radius 1 is 1.59 bits per heavy atom. The Morgan fingerprint density at radius 2 is 2.27 bits per heavy atom. The lowest BCUT2D eigenvalue weighted by atomic mass is 9.97. The minimum absolute atomic E-state index is 0.0147. The number of hydrogen-bond donors (Lipinski definition) is 3. The summed E-state index contributed by atoms with van der Waals surface area (Å²) in [6, 6.07) is 0. The van der Waals surface area contributed by atoms with Crippen LogP contribution in [0.4, 0.5) is 8.78 Å². The van der Waals surface area contributed by atoms with Crippen LogP contribution >= 0.6 is 0 Å². The summed E-state index contributed by atoms with van der Waals surface area (Å²) >= 11 is 0. The number of aromatic amines is 1. The van der Waals surface area contributed by atoms with Crippen LogP contribution in [0.15, 0.2) is 11.1 Å². The number of fused-ring (bicyclic) bond motifs is 1. The lowest BCUT2D eigenvalue weighted by molar-refractivity contribution is -0.196. The third-order valence-corrected chi connectivity index (χ3v) is 3.72. The predicted molar refractivity (Wildman–Crippen MR) is 69.5 cm³/mol. The first kappa shape index (κ1) is 15.0. The first-order chi connectivity index (χ1) is 10.2. The van der Waals surface area contributed by atoms with Gasteiger partial charge >= 0.3 is 0 Å². The second-order valence-corrected chi connectivity index (χ2v) is 5.48. The highest BCUT2D eigenvalue weighted by molar-refractivity contribution is 5.69. The maximum atomic E-state index is 14.2. The van der Waals surface area contributed by atoms with Crippen molar-refractivity contribution in [2.24, 2.45) is 0 Å². The summed E-state index contributed by atoms with van der Waals surface area (Å²) in [5, 5.41) is 19.2. The van der Waals surface area contributed by atoms with Crippen molar-refractivity contribution in [1.29, 1.82) is 0 Å². The number of halogens is 2. The molecule has 8 nitrogen and oxygen atoms in total. The molecule has 1 aliphatic heterocycles. The number of alkyl halides is 2. The van der Waals surface area contributed by atoms with E-state index in [1.54, 1.807) is 0 Å². The number of aryl methyl sites for hydroxylation is 1. The Kier molecular flexibility index (Phi) is 3.10. The molecule has 3 heterocycles. The molecule has 2 aromatic rings. The van der Waals surface area contributed by atoms with Gasteiger partial charge in [-0.15, -0.1) is 0 Å². The molecule has 0 radical (unpaired) electrons. The fourth-order valence-electron chi connectivity index (χ4n) is 2.59. The van der Waals surface area contributed by atoms with Gasteiger partial charge in [-0.05, 0) is 13.8 Å². The third kappa shape index (κ3) is 1.87. The molecule has 3 N–H and O–H groups in total. The van der Waals surface area contributed by atoms with E-state index in [0.29, 0.717) is 0 Å². The van der Waals surface area contributed by atoms with Gasteiger partial charge in [0, 0.05) is 0 Å². The topological polar surface area (TPSA) is 113 Å². The number of aliphatic hydroxyl groups excluding tert-OH is 1. The number of aliphatic hydroxyl groups is 2. The lowest BCUT2D eigenvalue weighted by Crippen LogP contribution is -2.45. The van der Waals surface area contributed by atoms with Crippen LogP contribution in [-0.2, 0) is 4.74 Å². The molecule has 0 amide bonds. The number of ether oxygens (including phenoxy) is 1. The van der Waals surface area contributed by atoms with E-state index in [9.17, 15) is 18.7 Å². The number of imidazole rings is 1. The van der Waals surface area contributed by atoms with E-state index in [1.165, 1.54) is 6.92 Å². The molecule has 0 aliphatic carbocycles. The van der Waals surface area contributed by atoms with Crippen LogP contribution in [-0.4, -0.2) is 54.0 Å². The molecule has 0 aromatic carbocycles. The predicted octanol–water partition coefficient (Wildman–Crippen LogP) is -0.296. The Morgan fingerprint density at radius 3 is 2.86 bits per heavy atom. The number of H-pyrrole nitrogens is 1. The number of nitrogens with zero attached hydrogens (tertiary/aromatic N) is 3. The average molecular weight is 316 g/mol. The molecular formula is C12H14F2N4O4. The number of aromatic nitrogens is 4. The summed E-state index contributed by atoms with van der Waals surface area (Å²) < 4.78 is 34.3. The highest BCUT2D eigenvalue weighted by Gasteiger charge is 2.64. The van der Waals surface area contributed by atoms with E-state index in [2.05, 4.69) is 15.0 Å². The molecule has 3 rings (SSSR count). The van der Waals surface area contributed by atoms with E-state index in [-0.39, 0.29) is 17.0 Å². The minimum Gasteiger partial charge on any atom is -0.390 e. The highest BCUT2D eigenvalue weighted by atomic mass is 19.2. The van der Waals surface area contributed by atoms with Crippen molar-refractivity contribution in [1.82, 2.24) is 19.5 Å². The van der Waals surface area contributed by atoms with Crippen molar-refractivity contribution >= 4 is 11.2 Å². The van der Waals surface area contributed by atoms with Crippen molar-refractivity contribution in [3.63, 3.8) is 0 Å². The van der Waals surface area contributed by atoms with E-state index in [4.69, 9.17) is 9.84 Å². The molecule has 0 bridgehead atoms. The second kappa shape index (κ2) is 4.54. The molecule has 1 fully saturated rings. The zero-order valence-corrected chi connectivity index (χ0v) is 11.7. The molecule has 120 valence electrons. The summed E-state index contributed by atoms with van der Waals surface area (Å²) in [7, 11) is 0. The first-order valence-electron chi connectivity index (χ1n) is 6.48. The quantitative estimate of drug-likeness (QED) is 0.701. The van der Waals surface area contributed by atoms with Crippen LogP contribution in [0.25, 0.3) is 11.2 Å². The van der Waals surface area contributed by atoms with Gasteiger partial charge in [0.1, 0.15) is 18.0 Å². The van der Waals surface area contributed by atoms with Gasteiger partial charge in [0.15, 0.2) is 23.6 Å². The van der Waals surface area contributed by atoms with Gasteiger partial charge in [0.25, 0.3) is 11.4 Å².